The molecule has 1 aliphatic rings. The molecule has 19 heavy (non-hydrogen) atoms. The van der Waals surface area contributed by atoms with Gasteiger partial charge in [0.1, 0.15) is 0 Å². The lowest BCUT2D eigenvalue weighted by Crippen LogP contribution is -2.28. The zero-order valence-electron chi connectivity index (χ0n) is 10.5. The topological polar surface area (TPSA) is 29.1 Å². The lowest BCUT2D eigenvalue weighted by Gasteiger charge is -2.11. The molecule has 0 spiro atoms. The van der Waals surface area contributed by atoms with E-state index >= 15 is 0 Å². The summed E-state index contributed by atoms with van der Waals surface area (Å²) in [6.07, 6.45) is -0.319. The highest BCUT2D eigenvalue weighted by molar-refractivity contribution is 5.78. The lowest BCUT2D eigenvalue weighted by molar-refractivity contribution is -0.137. The van der Waals surface area contributed by atoms with Crippen molar-refractivity contribution in [2.45, 2.75) is 38.4 Å². The van der Waals surface area contributed by atoms with Gasteiger partial charge in [-0.25, -0.2) is 0 Å². The maximum Gasteiger partial charge on any atom is 0.416 e. The first-order valence-electron chi connectivity index (χ1n) is 6.40. The Balaban J connectivity index is 1.87. The number of alkyl halides is 3. The van der Waals surface area contributed by atoms with Crippen molar-refractivity contribution >= 4 is 5.91 Å². The van der Waals surface area contributed by atoms with E-state index in [1.54, 1.807) is 0 Å². The van der Waals surface area contributed by atoms with E-state index in [2.05, 4.69) is 5.32 Å². The van der Waals surface area contributed by atoms with Gasteiger partial charge in [-0.1, -0.05) is 25.0 Å². The molecular formula is C14H16F3NO. The molecule has 1 aliphatic carbocycles. The van der Waals surface area contributed by atoms with Crippen molar-refractivity contribution in [3.05, 3.63) is 35.4 Å². The van der Waals surface area contributed by atoms with E-state index in [1.165, 1.54) is 12.1 Å². The molecule has 1 fully saturated rings. The van der Waals surface area contributed by atoms with Crippen LogP contribution in [0.5, 0.6) is 0 Å². The maximum absolute atomic E-state index is 12.4. The molecule has 0 aliphatic heterocycles. The average Bonchev–Trinajstić information content (AvgIpc) is 2.89. The second-order valence-electron chi connectivity index (χ2n) is 4.89. The summed E-state index contributed by atoms with van der Waals surface area (Å²) in [6, 6.07) is 4.88. The van der Waals surface area contributed by atoms with Gasteiger partial charge in [0.15, 0.2) is 0 Å². The van der Waals surface area contributed by atoms with Gasteiger partial charge in [0, 0.05) is 12.5 Å². The van der Waals surface area contributed by atoms with Crippen molar-refractivity contribution < 1.29 is 18.0 Å². The number of carbonyl (C=O) groups excluding carboxylic acids is 1. The van der Waals surface area contributed by atoms with E-state index in [1.807, 2.05) is 0 Å². The van der Waals surface area contributed by atoms with Crippen molar-refractivity contribution in [3.63, 3.8) is 0 Å². The largest absolute Gasteiger partial charge is 0.416 e. The van der Waals surface area contributed by atoms with Gasteiger partial charge in [-0.3, -0.25) is 4.79 Å². The Bertz CT molecular complexity index is 433. The zero-order chi connectivity index (χ0) is 13.9. The highest BCUT2D eigenvalue weighted by Gasteiger charge is 2.30. The number of carbonyl (C=O) groups is 1. The second-order valence-corrected chi connectivity index (χ2v) is 4.89. The van der Waals surface area contributed by atoms with Gasteiger partial charge >= 0.3 is 6.18 Å². The molecule has 0 aromatic heterocycles. The van der Waals surface area contributed by atoms with Crippen LogP contribution in [-0.2, 0) is 17.5 Å². The molecule has 0 radical (unpaired) electrons. The molecule has 5 heteroatoms. The van der Waals surface area contributed by atoms with Crippen LogP contribution >= 0.6 is 0 Å². The summed E-state index contributed by atoms with van der Waals surface area (Å²) in [5.74, 6) is 0.0897. The van der Waals surface area contributed by atoms with Crippen LogP contribution in [0.4, 0.5) is 13.2 Å². The summed E-state index contributed by atoms with van der Waals surface area (Å²) in [4.78, 5) is 11.8. The predicted octanol–water partition coefficient (Wildman–Crippen LogP) is 3.51. The zero-order valence-corrected chi connectivity index (χ0v) is 10.5. The first-order valence-corrected chi connectivity index (χ1v) is 6.40. The summed E-state index contributed by atoms with van der Waals surface area (Å²) in [7, 11) is 0. The predicted molar refractivity (Wildman–Crippen MR) is 65.2 cm³/mol. The molecule has 1 aromatic rings. The Morgan fingerprint density at radius 2 is 1.74 bits per heavy atom. The van der Waals surface area contributed by atoms with Crippen LogP contribution in [0.2, 0.25) is 0 Å². The lowest BCUT2D eigenvalue weighted by atomic mass is 10.1. The van der Waals surface area contributed by atoms with Crippen LogP contribution in [0.25, 0.3) is 0 Å². The molecular weight excluding hydrogens is 255 g/mol. The summed E-state index contributed by atoms with van der Waals surface area (Å²) in [5.41, 5.74) is 0.0118. The Morgan fingerprint density at radius 3 is 2.26 bits per heavy atom. The van der Waals surface area contributed by atoms with Crippen molar-refractivity contribution in [2.24, 2.45) is 5.92 Å². The van der Waals surface area contributed by atoms with Crippen molar-refractivity contribution in [2.75, 3.05) is 0 Å². The highest BCUT2D eigenvalue weighted by atomic mass is 19.4. The average molecular weight is 271 g/mol. The number of rotatable bonds is 3. The van der Waals surface area contributed by atoms with E-state index in [-0.39, 0.29) is 18.4 Å². The number of amides is 1. The molecule has 0 heterocycles. The van der Waals surface area contributed by atoms with Crippen molar-refractivity contribution in [1.82, 2.24) is 5.32 Å². The molecule has 104 valence electrons. The molecule has 0 unspecified atom stereocenters. The number of hydrogen-bond acceptors (Lipinski definition) is 1. The molecule has 0 bridgehead atoms. The summed E-state index contributed by atoms with van der Waals surface area (Å²) in [5, 5.41) is 2.78. The van der Waals surface area contributed by atoms with Crippen LogP contribution < -0.4 is 5.32 Å². The summed E-state index contributed by atoms with van der Waals surface area (Å²) < 4.78 is 37.1. The minimum atomic E-state index is -4.31. The Labute approximate surface area is 110 Å². The van der Waals surface area contributed by atoms with Gasteiger partial charge in [-0.05, 0) is 30.5 Å². The van der Waals surface area contributed by atoms with Crippen molar-refractivity contribution in [1.29, 1.82) is 0 Å². The molecule has 1 amide bonds. The van der Waals surface area contributed by atoms with Gasteiger partial charge in [0.05, 0.1) is 5.56 Å². The van der Waals surface area contributed by atoms with E-state index < -0.39 is 11.7 Å². The quantitative estimate of drug-likeness (QED) is 0.895. The molecule has 1 saturated carbocycles. The van der Waals surface area contributed by atoms with Gasteiger partial charge in [0.25, 0.3) is 0 Å². The van der Waals surface area contributed by atoms with Gasteiger partial charge in [0.2, 0.25) is 5.91 Å². The smallest absolute Gasteiger partial charge is 0.352 e. The van der Waals surface area contributed by atoms with E-state index in [0.29, 0.717) is 5.56 Å². The molecule has 2 rings (SSSR count). The van der Waals surface area contributed by atoms with E-state index in [0.717, 1.165) is 37.8 Å². The van der Waals surface area contributed by atoms with Crippen LogP contribution in [0.15, 0.2) is 24.3 Å². The van der Waals surface area contributed by atoms with Crippen LogP contribution in [0.3, 0.4) is 0 Å². The van der Waals surface area contributed by atoms with Gasteiger partial charge in [-0.15, -0.1) is 0 Å². The fraction of sp³-hybridized carbons (Fsp3) is 0.500. The summed E-state index contributed by atoms with van der Waals surface area (Å²) >= 11 is 0. The maximum atomic E-state index is 12.4. The van der Waals surface area contributed by atoms with E-state index in [9.17, 15) is 18.0 Å². The summed E-state index contributed by atoms with van der Waals surface area (Å²) in [6.45, 7) is 0.285. The van der Waals surface area contributed by atoms with Crippen molar-refractivity contribution in [3.8, 4) is 0 Å². The Morgan fingerprint density at radius 1 is 1.16 bits per heavy atom. The Hall–Kier alpha value is -1.52. The fourth-order valence-corrected chi connectivity index (χ4v) is 2.33. The van der Waals surface area contributed by atoms with Crippen LogP contribution in [0, 0.1) is 5.92 Å². The third kappa shape index (κ3) is 3.72. The first kappa shape index (κ1) is 13.9. The highest BCUT2D eigenvalue weighted by Crippen LogP contribution is 2.29. The number of benzene rings is 1. The standard InChI is InChI=1S/C14H16F3NO/c15-14(16,17)12-7-5-10(6-8-12)9-18-13(19)11-3-1-2-4-11/h5-8,11H,1-4,9H2,(H,18,19). The minimum absolute atomic E-state index is 0.0115. The monoisotopic (exact) mass is 271 g/mol. The molecule has 0 atom stereocenters. The molecule has 1 N–H and O–H groups in total. The molecule has 2 nitrogen and oxygen atoms in total. The number of hydrogen-bond donors (Lipinski definition) is 1. The molecule has 1 aromatic carbocycles. The minimum Gasteiger partial charge on any atom is -0.352 e. The van der Waals surface area contributed by atoms with Gasteiger partial charge < -0.3 is 5.32 Å². The normalized spacial score (nSPS) is 16.6. The second kappa shape index (κ2) is 5.63. The van der Waals surface area contributed by atoms with Crippen LogP contribution in [-0.4, -0.2) is 5.91 Å². The van der Waals surface area contributed by atoms with Crippen LogP contribution in [0.1, 0.15) is 36.8 Å². The first-order chi connectivity index (χ1) is 8.97. The number of nitrogens with one attached hydrogen (secondary N) is 1. The Kier molecular flexibility index (Phi) is 4.12. The molecule has 0 saturated heterocycles. The third-order valence-corrected chi connectivity index (χ3v) is 3.47. The number of halogens is 3. The SMILES string of the molecule is O=C(NCc1ccc(C(F)(F)F)cc1)C1CCCC1. The third-order valence-electron chi connectivity index (χ3n) is 3.47. The van der Waals surface area contributed by atoms with Gasteiger partial charge in [-0.2, -0.15) is 13.2 Å². The fourth-order valence-electron chi connectivity index (χ4n) is 2.33. The van der Waals surface area contributed by atoms with E-state index in [4.69, 9.17) is 0 Å².